The molecule has 0 spiro atoms. The molecule has 5 nitrogen and oxygen atoms in total. The monoisotopic (exact) mass is 394 g/mol. The van der Waals surface area contributed by atoms with E-state index in [2.05, 4.69) is 38.4 Å². The first kappa shape index (κ1) is 18.9. The number of nitrogens with zero attached hydrogens (tertiary/aromatic N) is 3. The molecule has 3 aromatic rings. The van der Waals surface area contributed by atoms with Gasteiger partial charge in [-0.05, 0) is 51.1 Å². The number of amides is 1. The predicted octanol–water partition coefficient (Wildman–Crippen LogP) is 4.44. The van der Waals surface area contributed by atoms with Crippen LogP contribution in [0.2, 0.25) is 0 Å². The number of rotatable bonds is 4. The molecule has 1 fully saturated rings. The number of fused-ring (bicyclic) bond motifs is 1. The Labute approximate surface area is 169 Å². The number of hydrogen-bond donors (Lipinski definition) is 1. The van der Waals surface area contributed by atoms with Crippen LogP contribution in [0.5, 0.6) is 0 Å². The lowest BCUT2D eigenvalue weighted by Crippen LogP contribution is -2.30. The molecular weight excluding hydrogens is 368 g/mol. The van der Waals surface area contributed by atoms with Crippen LogP contribution in [0.4, 0.5) is 5.82 Å². The molecule has 1 saturated heterocycles. The maximum Gasteiger partial charge on any atom is 0.261 e. The van der Waals surface area contributed by atoms with Gasteiger partial charge in [-0.3, -0.25) is 4.79 Å². The average molecular weight is 395 g/mol. The van der Waals surface area contributed by atoms with Gasteiger partial charge in [0.1, 0.15) is 11.6 Å². The SMILES string of the molecule is Cc1cc(N2CC[C@@H](c3c(C(=O)NC(C)C)sc4ccccc34)C2)nc(C)n1. The van der Waals surface area contributed by atoms with Crippen LogP contribution in [-0.2, 0) is 0 Å². The molecule has 28 heavy (non-hydrogen) atoms. The first-order valence-corrected chi connectivity index (χ1v) is 10.6. The number of carbonyl (C=O) groups excluding carboxylic acids is 1. The molecule has 1 amide bonds. The molecule has 1 aliphatic rings. The molecule has 0 radical (unpaired) electrons. The number of hydrogen-bond acceptors (Lipinski definition) is 5. The highest BCUT2D eigenvalue weighted by Gasteiger charge is 2.31. The molecule has 6 heteroatoms. The van der Waals surface area contributed by atoms with Crippen LogP contribution in [0.25, 0.3) is 10.1 Å². The van der Waals surface area contributed by atoms with E-state index in [-0.39, 0.29) is 11.9 Å². The molecule has 2 aromatic heterocycles. The summed E-state index contributed by atoms with van der Waals surface area (Å²) in [5.41, 5.74) is 2.19. The quantitative estimate of drug-likeness (QED) is 0.711. The zero-order valence-corrected chi connectivity index (χ0v) is 17.6. The van der Waals surface area contributed by atoms with Gasteiger partial charge in [0.25, 0.3) is 5.91 Å². The predicted molar refractivity (Wildman–Crippen MR) is 116 cm³/mol. The van der Waals surface area contributed by atoms with Crippen LogP contribution < -0.4 is 10.2 Å². The van der Waals surface area contributed by atoms with Crippen molar-refractivity contribution in [2.45, 2.75) is 46.1 Å². The molecule has 0 bridgehead atoms. The van der Waals surface area contributed by atoms with Gasteiger partial charge in [-0.15, -0.1) is 11.3 Å². The van der Waals surface area contributed by atoms with Gasteiger partial charge < -0.3 is 10.2 Å². The van der Waals surface area contributed by atoms with Crippen LogP contribution in [0.1, 0.15) is 52.9 Å². The first-order valence-electron chi connectivity index (χ1n) is 9.82. The van der Waals surface area contributed by atoms with Gasteiger partial charge in [-0.1, -0.05) is 18.2 Å². The lowest BCUT2D eigenvalue weighted by atomic mass is 9.95. The number of aromatic nitrogens is 2. The van der Waals surface area contributed by atoms with E-state index >= 15 is 0 Å². The van der Waals surface area contributed by atoms with Gasteiger partial charge in [-0.2, -0.15) is 0 Å². The van der Waals surface area contributed by atoms with Crippen molar-refractivity contribution in [2.75, 3.05) is 18.0 Å². The number of nitrogens with one attached hydrogen (secondary N) is 1. The van der Waals surface area contributed by atoms with E-state index < -0.39 is 0 Å². The van der Waals surface area contributed by atoms with Crippen molar-refractivity contribution in [3.8, 4) is 0 Å². The molecule has 1 N–H and O–H groups in total. The Kier molecular flexibility index (Phi) is 5.06. The topological polar surface area (TPSA) is 58.1 Å². The average Bonchev–Trinajstić information content (AvgIpc) is 3.24. The second-order valence-electron chi connectivity index (χ2n) is 7.82. The summed E-state index contributed by atoms with van der Waals surface area (Å²) in [5.74, 6) is 2.15. The largest absolute Gasteiger partial charge is 0.356 e. The van der Waals surface area contributed by atoms with Crippen molar-refractivity contribution in [1.82, 2.24) is 15.3 Å². The third kappa shape index (κ3) is 3.61. The molecule has 0 unspecified atom stereocenters. The minimum atomic E-state index is 0.0402. The van der Waals surface area contributed by atoms with E-state index in [1.165, 1.54) is 15.6 Å². The Hall–Kier alpha value is -2.47. The molecular formula is C22H26N4OS. The fourth-order valence-electron chi connectivity index (χ4n) is 4.03. The molecule has 3 heterocycles. The van der Waals surface area contributed by atoms with Crippen molar-refractivity contribution in [1.29, 1.82) is 0 Å². The summed E-state index contributed by atoms with van der Waals surface area (Å²) < 4.78 is 1.18. The summed E-state index contributed by atoms with van der Waals surface area (Å²) >= 11 is 1.61. The summed E-state index contributed by atoms with van der Waals surface area (Å²) in [4.78, 5) is 25.1. The highest BCUT2D eigenvalue weighted by molar-refractivity contribution is 7.21. The molecule has 146 valence electrons. The van der Waals surface area contributed by atoms with Crippen LogP contribution in [-0.4, -0.2) is 35.0 Å². The number of anilines is 1. The fraction of sp³-hybridized carbons (Fsp3) is 0.409. The minimum absolute atomic E-state index is 0.0402. The van der Waals surface area contributed by atoms with Crippen molar-refractivity contribution in [2.24, 2.45) is 0 Å². The smallest absolute Gasteiger partial charge is 0.261 e. The summed E-state index contributed by atoms with van der Waals surface area (Å²) in [5, 5.41) is 4.29. The van der Waals surface area contributed by atoms with E-state index in [0.29, 0.717) is 5.92 Å². The maximum atomic E-state index is 12.9. The summed E-state index contributed by atoms with van der Waals surface area (Å²) in [6.45, 7) is 9.76. The van der Waals surface area contributed by atoms with E-state index in [0.717, 1.165) is 41.7 Å². The fourth-order valence-corrected chi connectivity index (χ4v) is 5.22. The summed E-state index contributed by atoms with van der Waals surface area (Å²) in [7, 11) is 0. The van der Waals surface area contributed by atoms with E-state index in [9.17, 15) is 4.79 Å². The highest BCUT2D eigenvalue weighted by atomic mass is 32.1. The Morgan fingerprint density at radius 1 is 1.25 bits per heavy atom. The van der Waals surface area contributed by atoms with E-state index in [1.807, 2.05) is 39.8 Å². The van der Waals surface area contributed by atoms with Crippen molar-refractivity contribution >= 4 is 33.1 Å². The molecule has 0 aliphatic carbocycles. The second-order valence-corrected chi connectivity index (χ2v) is 8.87. The molecule has 1 atom stereocenters. The molecule has 1 aromatic carbocycles. The first-order chi connectivity index (χ1) is 13.4. The maximum absolute atomic E-state index is 12.9. The van der Waals surface area contributed by atoms with Gasteiger partial charge in [-0.25, -0.2) is 9.97 Å². The van der Waals surface area contributed by atoms with Gasteiger partial charge in [0.2, 0.25) is 0 Å². The minimum Gasteiger partial charge on any atom is -0.356 e. The second kappa shape index (κ2) is 7.51. The Morgan fingerprint density at radius 3 is 2.79 bits per heavy atom. The van der Waals surface area contributed by atoms with Gasteiger partial charge >= 0.3 is 0 Å². The van der Waals surface area contributed by atoms with Crippen LogP contribution >= 0.6 is 11.3 Å². The number of benzene rings is 1. The summed E-state index contributed by atoms with van der Waals surface area (Å²) in [6, 6.07) is 10.5. The van der Waals surface area contributed by atoms with Crippen molar-refractivity contribution < 1.29 is 4.79 Å². The van der Waals surface area contributed by atoms with Gasteiger partial charge in [0, 0.05) is 41.5 Å². The molecule has 0 saturated carbocycles. The van der Waals surface area contributed by atoms with Gasteiger partial charge in [0.15, 0.2) is 0 Å². The standard InChI is InChI=1S/C22H26N4OS/c1-13(2)23-22(27)21-20(17-7-5-6-8-18(17)28-21)16-9-10-26(12-16)19-11-14(3)24-15(4)25-19/h5-8,11,13,16H,9-10,12H2,1-4H3,(H,23,27)/t16-/m1/s1. The van der Waals surface area contributed by atoms with Crippen molar-refractivity contribution in [3.63, 3.8) is 0 Å². The number of carbonyl (C=O) groups is 1. The third-order valence-electron chi connectivity index (χ3n) is 5.13. The molecule has 4 rings (SSSR count). The zero-order chi connectivity index (χ0) is 19.8. The van der Waals surface area contributed by atoms with Gasteiger partial charge in [0.05, 0.1) is 4.88 Å². The number of aryl methyl sites for hydroxylation is 2. The lowest BCUT2D eigenvalue weighted by Gasteiger charge is -2.19. The third-order valence-corrected chi connectivity index (χ3v) is 6.32. The molecule has 1 aliphatic heterocycles. The van der Waals surface area contributed by atoms with Crippen LogP contribution in [0.15, 0.2) is 30.3 Å². The van der Waals surface area contributed by atoms with Crippen molar-refractivity contribution in [3.05, 3.63) is 52.3 Å². The highest BCUT2D eigenvalue weighted by Crippen LogP contribution is 2.40. The number of thiophene rings is 1. The summed E-state index contributed by atoms with van der Waals surface area (Å²) in [6.07, 6.45) is 1.02. The van der Waals surface area contributed by atoms with Crippen LogP contribution in [0.3, 0.4) is 0 Å². The normalized spacial score (nSPS) is 16.9. The van der Waals surface area contributed by atoms with E-state index in [1.54, 1.807) is 11.3 Å². The Bertz CT molecular complexity index is 1010. The van der Waals surface area contributed by atoms with Crippen LogP contribution in [0, 0.1) is 13.8 Å². The lowest BCUT2D eigenvalue weighted by molar-refractivity contribution is 0.0946. The Morgan fingerprint density at radius 2 is 2.04 bits per heavy atom. The van der Waals surface area contributed by atoms with E-state index in [4.69, 9.17) is 0 Å². The Balaban J connectivity index is 1.70. The zero-order valence-electron chi connectivity index (χ0n) is 16.8.